The number of hydrogen-bond donors (Lipinski definition) is 2. The normalized spacial score (nSPS) is 14.5. The van der Waals surface area contributed by atoms with Gasteiger partial charge in [0.1, 0.15) is 23.1 Å². The molecule has 44 heavy (non-hydrogen) atoms. The van der Waals surface area contributed by atoms with Gasteiger partial charge in [0.15, 0.2) is 0 Å². The van der Waals surface area contributed by atoms with Crippen molar-refractivity contribution in [2.24, 2.45) is 0 Å². The first-order valence-electron chi connectivity index (χ1n) is 14.5. The summed E-state index contributed by atoms with van der Waals surface area (Å²) in [7, 11) is 0. The SMILES string of the molecule is CCOc1cccc(-n2cc(C(=O)N3CCC(O)(c4cc(C(=O)O)c5ccccc5c4)CC3)nc2-c2ccc(C)cc2F)c1. The van der Waals surface area contributed by atoms with Crippen molar-refractivity contribution >= 4 is 22.6 Å². The Hall–Kier alpha value is -5.02. The molecule has 2 heterocycles. The minimum absolute atomic E-state index is 0.125. The summed E-state index contributed by atoms with van der Waals surface area (Å²) in [5.74, 6) is -0.939. The second kappa shape index (κ2) is 11.6. The minimum Gasteiger partial charge on any atom is -0.494 e. The Morgan fingerprint density at radius 1 is 1.00 bits per heavy atom. The zero-order chi connectivity index (χ0) is 31.0. The zero-order valence-electron chi connectivity index (χ0n) is 24.5. The van der Waals surface area contributed by atoms with Gasteiger partial charge in [0.05, 0.1) is 29.0 Å². The van der Waals surface area contributed by atoms with Gasteiger partial charge in [-0.15, -0.1) is 0 Å². The van der Waals surface area contributed by atoms with Crippen LogP contribution in [-0.2, 0) is 5.60 Å². The summed E-state index contributed by atoms with van der Waals surface area (Å²) < 4.78 is 22.5. The van der Waals surface area contributed by atoms with E-state index in [0.717, 1.165) is 10.9 Å². The molecule has 1 aliphatic rings. The number of fused-ring (bicyclic) bond motifs is 1. The lowest BCUT2D eigenvalue weighted by atomic mass is 9.82. The van der Waals surface area contributed by atoms with Crippen LogP contribution in [0.5, 0.6) is 5.75 Å². The molecular weight excluding hydrogens is 561 g/mol. The Balaban J connectivity index is 1.30. The number of carboxylic acid groups (broad SMARTS) is 1. The summed E-state index contributed by atoms with van der Waals surface area (Å²) in [6, 6.07) is 22.7. The molecule has 2 N–H and O–H groups in total. The van der Waals surface area contributed by atoms with Crippen LogP contribution in [-0.4, -0.2) is 56.2 Å². The summed E-state index contributed by atoms with van der Waals surface area (Å²) in [5, 5.41) is 22.8. The van der Waals surface area contributed by atoms with Gasteiger partial charge < -0.3 is 19.8 Å². The van der Waals surface area contributed by atoms with Crippen LogP contribution < -0.4 is 4.74 Å². The number of halogens is 1. The third-order valence-electron chi connectivity index (χ3n) is 8.20. The van der Waals surface area contributed by atoms with Crippen LogP contribution in [0.25, 0.3) is 27.8 Å². The molecule has 9 heteroatoms. The second-order valence-electron chi connectivity index (χ2n) is 11.1. The van der Waals surface area contributed by atoms with Crippen molar-refractivity contribution in [2.75, 3.05) is 19.7 Å². The highest BCUT2D eigenvalue weighted by atomic mass is 19.1. The average molecular weight is 594 g/mol. The number of aromatic nitrogens is 2. The van der Waals surface area contributed by atoms with Gasteiger partial charge in [0.2, 0.25) is 0 Å². The summed E-state index contributed by atoms with van der Waals surface area (Å²) in [4.78, 5) is 32.0. The number of piperidine rings is 1. The fraction of sp³-hybridized carbons (Fsp3) is 0.229. The number of imidazole rings is 1. The molecule has 0 radical (unpaired) electrons. The molecule has 8 nitrogen and oxygen atoms in total. The Morgan fingerprint density at radius 3 is 2.50 bits per heavy atom. The minimum atomic E-state index is -1.31. The van der Waals surface area contributed by atoms with E-state index in [4.69, 9.17) is 4.74 Å². The Bertz CT molecular complexity index is 1890. The summed E-state index contributed by atoms with van der Waals surface area (Å²) >= 11 is 0. The van der Waals surface area contributed by atoms with E-state index in [2.05, 4.69) is 4.98 Å². The molecule has 0 saturated carbocycles. The van der Waals surface area contributed by atoms with Crippen molar-refractivity contribution in [3.63, 3.8) is 0 Å². The highest BCUT2D eigenvalue weighted by molar-refractivity contribution is 6.04. The molecule has 6 rings (SSSR count). The van der Waals surface area contributed by atoms with E-state index in [1.807, 2.05) is 49.4 Å². The van der Waals surface area contributed by atoms with Gasteiger partial charge in [-0.1, -0.05) is 36.4 Å². The van der Waals surface area contributed by atoms with E-state index in [9.17, 15) is 19.8 Å². The molecule has 4 aromatic carbocycles. The number of aryl methyl sites for hydroxylation is 1. The number of aliphatic hydroxyl groups is 1. The van der Waals surface area contributed by atoms with E-state index in [0.29, 0.717) is 29.0 Å². The standard InChI is InChI=1S/C35H32FN3O5/c1-3-44-26-9-6-8-25(20-26)39-21-31(37-32(39)28-12-11-22(2)17-30(28)36)33(40)38-15-13-35(43,14-16-38)24-18-23-7-4-5-10-27(23)29(19-24)34(41)42/h4-12,17-21,43H,3,13-16H2,1-2H3,(H,41,42). The summed E-state index contributed by atoms with van der Waals surface area (Å²) in [6.07, 6.45) is 2.03. The summed E-state index contributed by atoms with van der Waals surface area (Å²) in [6.45, 7) is 4.63. The first-order chi connectivity index (χ1) is 21.2. The highest BCUT2D eigenvalue weighted by Crippen LogP contribution is 2.37. The quantitative estimate of drug-likeness (QED) is 0.228. The van der Waals surface area contributed by atoms with Gasteiger partial charge in [0, 0.05) is 25.4 Å². The predicted molar refractivity (Wildman–Crippen MR) is 165 cm³/mol. The van der Waals surface area contributed by atoms with E-state index < -0.39 is 17.4 Å². The van der Waals surface area contributed by atoms with Gasteiger partial charge in [-0.3, -0.25) is 9.36 Å². The number of likely N-dealkylation sites (tertiary alicyclic amines) is 1. The van der Waals surface area contributed by atoms with Crippen LogP contribution in [0, 0.1) is 12.7 Å². The van der Waals surface area contributed by atoms with Crippen molar-refractivity contribution < 1.29 is 28.9 Å². The maximum Gasteiger partial charge on any atom is 0.336 e. The Kier molecular flexibility index (Phi) is 7.65. The Morgan fingerprint density at radius 2 is 1.77 bits per heavy atom. The molecule has 1 saturated heterocycles. The average Bonchev–Trinajstić information content (AvgIpc) is 3.46. The first-order valence-corrected chi connectivity index (χ1v) is 14.5. The molecule has 1 amide bonds. The van der Waals surface area contributed by atoms with Crippen molar-refractivity contribution in [1.82, 2.24) is 14.5 Å². The Labute approximate surface area is 254 Å². The van der Waals surface area contributed by atoms with Crippen LogP contribution in [0.15, 0.2) is 85.1 Å². The first kappa shape index (κ1) is 29.1. The maximum absolute atomic E-state index is 15.2. The molecule has 5 aromatic rings. The highest BCUT2D eigenvalue weighted by Gasteiger charge is 2.37. The number of carbonyl (C=O) groups excluding carboxylic acids is 1. The van der Waals surface area contributed by atoms with Crippen LogP contribution in [0.2, 0.25) is 0 Å². The smallest absolute Gasteiger partial charge is 0.336 e. The largest absolute Gasteiger partial charge is 0.494 e. The molecule has 0 spiro atoms. The van der Waals surface area contributed by atoms with Crippen LogP contribution >= 0.6 is 0 Å². The topological polar surface area (TPSA) is 105 Å². The second-order valence-corrected chi connectivity index (χ2v) is 11.1. The molecule has 0 aliphatic carbocycles. The molecule has 0 unspecified atom stereocenters. The van der Waals surface area contributed by atoms with E-state index in [1.54, 1.807) is 46.9 Å². The third kappa shape index (κ3) is 5.42. The zero-order valence-corrected chi connectivity index (χ0v) is 24.5. The number of carbonyl (C=O) groups is 2. The molecule has 1 aromatic heterocycles. The predicted octanol–water partition coefficient (Wildman–Crippen LogP) is 6.36. The maximum atomic E-state index is 15.2. The number of benzene rings is 4. The number of rotatable bonds is 7. The molecule has 224 valence electrons. The number of hydrogen-bond acceptors (Lipinski definition) is 5. The van der Waals surface area contributed by atoms with Crippen molar-refractivity contribution in [2.45, 2.75) is 32.3 Å². The monoisotopic (exact) mass is 593 g/mol. The lowest BCUT2D eigenvalue weighted by Gasteiger charge is -2.38. The van der Waals surface area contributed by atoms with E-state index in [1.165, 1.54) is 12.1 Å². The fourth-order valence-electron chi connectivity index (χ4n) is 5.85. The van der Waals surface area contributed by atoms with Gasteiger partial charge >= 0.3 is 5.97 Å². The molecule has 0 atom stereocenters. The van der Waals surface area contributed by atoms with Gasteiger partial charge in [-0.05, 0) is 85.0 Å². The number of carboxylic acids is 1. The number of amides is 1. The molecule has 1 aliphatic heterocycles. The molecule has 0 bridgehead atoms. The van der Waals surface area contributed by atoms with Gasteiger partial charge in [0.25, 0.3) is 5.91 Å². The molecular formula is C35H32FN3O5. The lowest BCUT2D eigenvalue weighted by Crippen LogP contribution is -2.45. The van der Waals surface area contributed by atoms with Crippen molar-refractivity contribution in [3.05, 3.63) is 113 Å². The van der Waals surface area contributed by atoms with E-state index >= 15 is 4.39 Å². The van der Waals surface area contributed by atoms with Gasteiger partial charge in [-0.2, -0.15) is 0 Å². The lowest BCUT2D eigenvalue weighted by molar-refractivity contribution is -0.0212. The van der Waals surface area contributed by atoms with Crippen LogP contribution in [0.3, 0.4) is 0 Å². The number of ether oxygens (including phenoxy) is 1. The summed E-state index contributed by atoms with van der Waals surface area (Å²) in [5.41, 5.74) is 1.16. The third-order valence-corrected chi connectivity index (χ3v) is 8.20. The van der Waals surface area contributed by atoms with Crippen LogP contribution in [0.4, 0.5) is 4.39 Å². The molecule has 1 fully saturated rings. The van der Waals surface area contributed by atoms with E-state index in [-0.39, 0.29) is 54.5 Å². The van der Waals surface area contributed by atoms with Crippen molar-refractivity contribution in [3.8, 4) is 22.8 Å². The fourth-order valence-corrected chi connectivity index (χ4v) is 5.85. The number of aromatic carboxylic acids is 1. The van der Waals surface area contributed by atoms with Gasteiger partial charge in [-0.25, -0.2) is 14.2 Å². The number of nitrogens with zero attached hydrogens (tertiary/aromatic N) is 3. The van der Waals surface area contributed by atoms with Crippen molar-refractivity contribution in [1.29, 1.82) is 0 Å². The van der Waals surface area contributed by atoms with Crippen LogP contribution in [0.1, 0.15) is 51.7 Å².